The van der Waals surface area contributed by atoms with Crippen LogP contribution in [0, 0.1) is 11.6 Å². The van der Waals surface area contributed by atoms with E-state index >= 15 is 0 Å². The number of hydrogen-bond acceptors (Lipinski definition) is 3. The molecule has 3 nitrogen and oxygen atoms in total. The Morgan fingerprint density at radius 2 is 2.06 bits per heavy atom. The quantitative estimate of drug-likeness (QED) is 0.834. The van der Waals surface area contributed by atoms with Crippen molar-refractivity contribution in [3.05, 3.63) is 29.3 Å². The van der Waals surface area contributed by atoms with E-state index in [0.29, 0.717) is 19.7 Å². The number of benzene rings is 1. The molecule has 1 aromatic rings. The summed E-state index contributed by atoms with van der Waals surface area (Å²) >= 11 is 4.71. The topological polar surface area (TPSA) is 38.5 Å². The first-order valence-electron chi connectivity index (χ1n) is 5.64. The predicted molar refractivity (Wildman–Crippen MR) is 69.9 cm³/mol. The summed E-state index contributed by atoms with van der Waals surface area (Å²) in [6.07, 6.45) is -0.0483. The van der Waals surface area contributed by atoms with Gasteiger partial charge in [-0.2, -0.15) is 0 Å². The lowest BCUT2D eigenvalue weighted by molar-refractivity contribution is 0.0527. The summed E-state index contributed by atoms with van der Waals surface area (Å²) in [6, 6.07) is 2.34. The van der Waals surface area contributed by atoms with E-state index in [9.17, 15) is 8.78 Å². The van der Waals surface area contributed by atoms with Gasteiger partial charge in [0.1, 0.15) is 22.3 Å². The first-order valence-corrected chi connectivity index (χ1v) is 6.05. The number of rotatable bonds is 2. The SMILES string of the molecule is CC1CN(c2c(F)cc(C(N)=S)cc2F)CCO1. The molecule has 0 bridgehead atoms. The molecule has 1 unspecified atom stereocenters. The number of ether oxygens (including phenoxy) is 1. The maximum Gasteiger partial charge on any atom is 0.150 e. The molecule has 2 rings (SSSR count). The molecule has 1 fully saturated rings. The van der Waals surface area contributed by atoms with Crippen LogP contribution >= 0.6 is 12.2 Å². The van der Waals surface area contributed by atoms with E-state index in [1.165, 1.54) is 12.1 Å². The molecule has 1 atom stereocenters. The average molecular weight is 272 g/mol. The van der Waals surface area contributed by atoms with Gasteiger partial charge in [-0.15, -0.1) is 0 Å². The second-order valence-corrected chi connectivity index (χ2v) is 4.72. The summed E-state index contributed by atoms with van der Waals surface area (Å²) in [4.78, 5) is 1.62. The van der Waals surface area contributed by atoms with Crippen LogP contribution in [0.1, 0.15) is 12.5 Å². The minimum Gasteiger partial charge on any atom is -0.389 e. The Bertz CT molecular complexity index is 458. The Morgan fingerprint density at radius 3 is 2.56 bits per heavy atom. The monoisotopic (exact) mass is 272 g/mol. The Kier molecular flexibility index (Phi) is 3.77. The Balaban J connectivity index is 2.36. The lowest BCUT2D eigenvalue weighted by Gasteiger charge is -2.33. The number of nitrogens with zero attached hydrogens (tertiary/aromatic N) is 1. The van der Waals surface area contributed by atoms with Gasteiger partial charge in [0.05, 0.1) is 12.7 Å². The van der Waals surface area contributed by atoms with Crippen LogP contribution in [0.2, 0.25) is 0 Å². The summed E-state index contributed by atoms with van der Waals surface area (Å²) in [5, 5.41) is 0. The lowest BCUT2D eigenvalue weighted by atomic mass is 10.1. The zero-order valence-electron chi connectivity index (χ0n) is 9.95. The molecule has 6 heteroatoms. The predicted octanol–water partition coefficient (Wildman–Crippen LogP) is 1.82. The van der Waals surface area contributed by atoms with Gasteiger partial charge < -0.3 is 15.4 Å². The average Bonchev–Trinajstić information content (AvgIpc) is 2.27. The normalized spacial score (nSPS) is 19.9. The van der Waals surface area contributed by atoms with Gasteiger partial charge in [0.15, 0.2) is 0 Å². The highest BCUT2D eigenvalue weighted by Crippen LogP contribution is 2.26. The number of nitrogens with two attached hydrogens (primary N) is 1. The largest absolute Gasteiger partial charge is 0.389 e. The van der Waals surface area contributed by atoms with Crippen molar-refractivity contribution in [1.29, 1.82) is 0 Å². The highest BCUT2D eigenvalue weighted by Gasteiger charge is 2.23. The third kappa shape index (κ3) is 2.59. The number of hydrogen-bond donors (Lipinski definition) is 1. The van der Waals surface area contributed by atoms with Crippen molar-refractivity contribution < 1.29 is 13.5 Å². The molecule has 2 N–H and O–H groups in total. The summed E-state index contributed by atoms with van der Waals surface area (Å²) in [6.45, 7) is 3.24. The Labute approximate surface area is 110 Å². The van der Waals surface area contributed by atoms with E-state index in [0.717, 1.165) is 0 Å². The number of thiocarbonyl (C=S) groups is 1. The van der Waals surface area contributed by atoms with Crippen LogP contribution in [0.15, 0.2) is 12.1 Å². The fourth-order valence-corrected chi connectivity index (χ4v) is 2.15. The van der Waals surface area contributed by atoms with Crippen molar-refractivity contribution >= 4 is 22.9 Å². The van der Waals surface area contributed by atoms with Gasteiger partial charge in [0, 0.05) is 18.7 Å². The molecule has 0 spiro atoms. The van der Waals surface area contributed by atoms with E-state index in [4.69, 9.17) is 22.7 Å². The van der Waals surface area contributed by atoms with Gasteiger partial charge in [-0.3, -0.25) is 0 Å². The lowest BCUT2D eigenvalue weighted by Crippen LogP contribution is -2.42. The highest BCUT2D eigenvalue weighted by molar-refractivity contribution is 7.80. The van der Waals surface area contributed by atoms with Crippen molar-refractivity contribution in [2.24, 2.45) is 5.73 Å². The van der Waals surface area contributed by atoms with E-state index in [-0.39, 0.29) is 22.3 Å². The Morgan fingerprint density at radius 1 is 1.44 bits per heavy atom. The van der Waals surface area contributed by atoms with Crippen LogP contribution in [0.4, 0.5) is 14.5 Å². The fourth-order valence-electron chi connectivity index (χ4n) is 2.03. The van der Waals surface area contributed by atoms with Crippen LogP contribution < -0.4 is 10.6 Å². The minimum atomic E-state index is -0.646. The maximum absolute atomic E-state index is 13.9. The molecule has 0 aliphatic carbocycles. The molecule has 1 aliphatic heterocycles. The van der Waals surface area contributed by atoms with E-state index in [1.54, 1.807) is 4.90 Å². The first kappa shape index (κ1) is 13.2. The molecule has 1 aromatic carbocycles. The van der Waals surface area contributed by atoms with Crippen molar-refractivity contribution in [3.63, 3.8) is 0 Å². The van der Waals surface area contributed by atoms with Crippen molar-refractivity contribution in [2.75, 3.05) is 24.6 Å². The molecule has 0 aromatic heterocycles. The molecule has 0 amide bonds. The van der Waals surface area contributed by atoms with Gasteiger partial charge in [-0.05, 0) is 19.1 Å². The van der Waals surface area contributed by atoms with E-state index in [1.807, 2.05) is 6.92 Å². The molecular weight excluding hydrogens is 258 g/mol. The summed E-state index contributed by atoms with van der Waals surface area (Å²) in [5.41, 5.74) is 5.53. The van der Waals surface area contributed by atoms with Gasteiger partial charge in [0.25, 0.3) is 0 Å². The second kappa shape index (κ2) is 5.16. The summed E-state index contributed by atoms with van der Waals surface area (Å²) in [5.74, 6) is -1.29. The third-order valence-corrected chi connectivity index (χ3v) is 3.09. The zero-order chi connectivity index (χ0) is 13.3. The third-order valence-electron chi connectivity index (χ3n) is 2.86. The van der Waals surface area contributed by atoms with Crippen LogP contribution in [0.3, 0.4) is 0 Å². The zero-order valence-corrected chi connectivity index (χ0v) is 10.8. The van der Waals surface area contributed by atoms with Gasteiger partial charge in [-0.1, -0.05) is 12.2 Å². The number of anilines is 1. The van der Waals surface area contributed by atoms with Crippen molar-refractivity contribution in [1.82, 2.24) is 0 Å². The summed E-state index contributed by atoms with van der Waals surface area (Å²) < 4.78 is 33.2. The molecule has 1 aliphatic rings. The maximum atomic E-state index is 13.9. The number of halogens is 2. The molecule has 1 heterocycles. The fraction of sp³-hybridized carbons (Fsp3) is 0.417. The van der Waals surface area contributed by atoms with Crippen LogP contribution in [-0.4, -0.2) is 30.8 Å². The van der Waals surface area contributed by atoms with Gasteiger partial charge >= 0.3 is 0 Å². The molecule has 0 radical (unpaired) electrons. The Hall–Kier alpha value is -1.27. The first-order chi connectivity index (χ1) is 8.49. The highest BCUT2D eigenvalue weighted by atomic mass is 32.1. The number of morpholine rings is 1. The standard InChI is InChI=1S/C12H14F2N2OS/c1-7-6-16(2-3-17-7)11-9(13)4-8(12(15)18)5-10(11)14/h4-5,7H,2-3,6H2,1H3,(H2,15,18). The summed E-state index contributed by atoms with van der Waals surface area (Å²) in [7, 11) is 0. The van der Waals surface area contributed by atoms with Gasteiger partial charge in [-0.25, -0.2) is 8.78 Å². The smallest absolute Gasteiger partial charge is 0.150 e. The molecule has 98 valence electrons. The molecule has 18 heavy (non-hydrogen) atoms. The van der Waals surface area contributed by atoms with Crippen LogP contribution in [-0.2, 0) is 4.74 Å². The van der Waals surface area contributed by atoms with Crippen molar-refractivity contribution in [3.8, 4) is 0 Å². The van der Waals surface area contributed by atoms with E-state index in [2.05, 4.69) is 0 Å². The molecule has 0 saturated carbocycles. The van der Waals surface area contributed by atoms with Crippen LogP contribution in [0.5, 0.6) is 0 Å². The molecular formula is C12H14F2N2OS. The van der Waals surface area contributed by atoms with Crippen molar-refractivity contribution in [2.45, 2.75) is 13.0 Å². The minimum absolute atomic E-state index is 0.0188. The second-order valence-electron chi connectivity index (χ2n) is 4.28. The molecule has 1 saturated heterocycles. The van der Waals surface area contributed by atoms with Crippen LogP contribution in [0.25, 0.3) is 0 Å². The van der Waals surface area contributed by atoms with Gasteiger partial charge in [0.2, 0.25) is 0 Å². The van der Waals surface area contributed by atoms with E-state index < -0.39 is 11.6 Å².